The molecule has 2 aromatic rings. The number of ether oxygens (including phenoxy) is 1. The molecule has 1 amide bonds. The van der Waals surface area contributed by atoms with E-state index in [2.05, 4.69) is 10.6 Å². The fourth-order valence-corrected chi connectivity index (χ4v) is 2.53. The van der Waals surface area contributed by atoms with Gasteiger partial charge in [-0.2, -0.15) is 0 Å². The zero-order valence-corrected chi connectivity index (χ0v) is 16.4. The number of carbonyl (C=O) groups excluding carboxylic acids is 1. The number of thiocarbonyl (C=S) groups is 1. The molecule has 1 atom stereocenters. The Kier molecular flexibility index (Phi) is 7.15. The first-order valence-electron chi connectivity index (χ1n) is 8.22. The Morgan fingerprint density at radius 1 is 1.26 bits per heavy atom. The van der Waals surface area contributed by atoms with Crippen LogP contribution in [0.5, 0.6) is 5.75 Å². The molecule has 2 rings (SSSR count). The van der Waals surface area contributed by atoms with Gasteiger partial charge in [-0.3, -0.25) is 10.1 Å². The minimum atomic E-state index is -1.16. The summed E-state index contributed by atoms with van der Waals surface area (Å²) >= 11 is 10.9. The number of anilines is 1. The molecule has 0 saturated carbocycles. The lowest BCUT2D eigenvalue weighted by Crippen LogP contribution is -2.34. The number of hydrogen-bond acceptors (Lipinski definition) is 4. The minimum absolute atomic E-state index is 0.0296. The van der Waals surface area contributed by atoms with E-state index >= 15 is 0 Å². The third-order valence-electron chi connectivity index (χ3n) is 3.70. The first kappa shape index (κ1) is 20.7. The molecule has 0 fully saturated rings. The zero-order valence-electron chi connectivity index (χ0n) is 14.8. The van der Waals surface area contributed by atoms with Crippen LogP contribution in [0.25, 0.3) is 0 Å². The van der Waals surface area contributed by atoms with Gasteiger partial charge < -0.3 is 15.2 Å². The van der Waals surface area contributed by atoms with Crippen molar-refractivity contribution < 1.29 is 19.4 Å². The fraction of sp³-hybridized carbons (Fsp3) is 0.211. The van der Waals surface area contributed by atoms with Crippen LogP contribution in [0.1, 0.15) is 41.0 Å². The summed E-state index contributed by atoms with van der Waals surface area (Å²) in [6, 6.07) is 11.0. The number of nitrogens with one attached hydrogen (secondary N) is 2. The highest BCUT2D eigenvalue weighted by Gasteiger charge is 2.14. The number of benzene rings is 2. The predicted molar refractivity (Wildman–Crippen MR) is 109 cm³/mol. The van der Waals surface area contributed by atoms with Crippen molar-refractivity contribution in [2.45, 2.75) is 26.4 Å². The molecule has 0 heterocycles. The quantitative estimate of drug-likeness (QED) is 0.618. The number of carboxylic acid groups (broad SMARTS) is 1. The molecule has 2 aromatic carbocycles. The van der Waals surface area contributed by atoms with E-state index in [0.717, 1.165) is 6.42 Å². The number of carboxylic acids is 1. The molecule has 0 aromatic heterocycles. The van der Waals surface area contributed by atoms with Crippen LogP contribution in [0.2, 0.25) is 5.02 Å². The van der Waals surface area contributed by atoms with Crippen LogP contribution in [0.4, 0.5) is 5.69 Å². The van der Waals surface area contributed by atoms with Crippen LogP contribution >= 0.6 is 23.8 Å². The third-order valence-corrected chi connectivity index (χ3v) is 4.13. The Bertz CT molecular complexity index is 873. The van der Waals surface area contributed by atoms with Crippen molar-refractivity contribution in [2.24, 2.45) is 0 Å². The van der Waals surface area contributed by atoms with Crippen molar-refractivity contribution in [1.82, 2.24) is 5.32 Å². The summed E-state index contributed by atoms with van der Waals surface area (Å²) in [4.78, 5) is 23.7. The monoisotopic (exact) mass is 406 g/mol. The second-order valence-electron chi connectivity index (χ2n) is 5.77. The second-order valence-corrected chi connectivity index (χ2v) is 6.61. The van der Waals surface area contributed by atoms with E-state index in [4.69, 9.17) is 28.6 Å². The van der Waals surface area contributed by atoms with Gasteiger partial charge in [0.15, 0.2) is 5.11 Å². The topological polar surface area (TPSA) is 87.7 Å². The lowest BCUT2D eigenvalue weighted by molar-refractivity contribution is 0.0697. The Labute approximate surface area is 167 Å². The normalized spacial score (nSPS) is 11.4. The average molecular weight is 407 g/mol. The second kappa shape index (κ2) is 9.34. The fourth-order valence-electron chi connectivity index (χ4n) is 2.16. The van der Waals surface area contributed by atoms with Crippen molar-refractivity contribution >= 4 is 46.5 Å². The molecule has 8 heteroatoms. The SMILES string of the molecule is CC[C@H](C)Oc1cccc(C(=O)NC(=S)Nc2ccc(Cl)cc2C(=O)O)c1. The molecule has 0 saturated heterocycles. The van der Waals surface area contributed by atoms with Gasteiger partial charge in [0.25, 0.3) is 5.91 Å². The maximum atomic E-state index is 12.4. The highest BCUT2D eigenvalue weighted by Crippen LogP contribution is 2.21. The summed E-state index contributed by atoms with van der Waals surface area (Å²) in [5, 5.41) is 14.7. The molecule has 0 aliphatic rings. The van der Waals surface area contributed by atoms with Crippen molar-refractivity contribution in [1.29, 1.82) is 0 Å². The van der Waals surface area contributed by atoms with Crippen LogP contribution in [0.15, 0.2) is 42.5 Å². The van der Waals surface area contributed by atoms with Crippen LogP contribution in [-0.2, 0) is 0 Å². The first-order chi connectivity index (χ1) is 12.8. The highest BCUT2D eigenvalue weighted by atomic mass is 35.5. The van der Waals surface area contributed by atoms with Crippen LogP contribution in [-0.4, -0.2) is 28.2 Å². The van der Waals surface area contributed by atoms with Gasteiger partial charge in [-0.15, -0.1) is 0 Å². The smallest absolute Gasteiger partial charge is 0.337 e. The first-order valence-corrected chi connectivity index (χ1v) is 9.00. The molecule has 0 radical (unpaired) electrons. The Morgan fingerprint density at radius 2 is 2.00 bits per heavy atom. The van der Waals surface area contributed by atoms with Crippen LogP contribution in [0.3, 0.4) is 0 Å². The molecule has 0 unspecified atom stereocenters. The van der Waals surface area contributed by atoms with Crippen molar-refractivity contribution in [2.75, 3.05) is 5.32 Å². The lowest BCUT2D eigenvalue weighted by atomic mass is 10.2. The largest absolute Gasteiger partial charge is 0.491 e. The van der Waals surface area contributed by atoms with Crippen molar-refractivity contribution in [3.63, 3.8) is 0 Å². The summed E-state index contributed by atoms with van der Waals surface area (Å²) in [6.45, 7) is 3.95. The molecule has 27 heavy (non-hydrogen) atoms. The summed E-state index contributed by atoms with van der Waals surface area (Å²) in [7, 11) is 0. The number of halogens is 1. The van der Waals surface area contributed by atoms with E-state index < -0.39 is 11.9 Å². The number of carbonyl (C=O) groups is 2. The van der Waals surface area contributed by atoms with E-state index in [-0.39, 0.29) is 27.5 Å². The van der Waals surface area contributed by atoms with Gasteiger partial charge in [0.1, 0.15) is 5.75 Å². The van der Waals surface area contributed by atoms with Crippen LogP contribution < -0.4 is 15.4 Å². The molecule has 142 valence electrons. The summed E-state index contributed by atoms with van der Waals surface area (Å²) in [5.74, 6) is -1.02. The van der Waals surface area contributed by atoms with E-state index in [9.17, 15) is 14.7 Å². The number of hydrogen-bond donors (Lipinski definition) is 3. The average Bonchev–Trinajstić information content (AvgIpc) is 2.63. The van der Waals surface area contributed by atoms with Gasteiger partial charge >= 0.3 is 5.97 Å². The zero-order chi connectivity index (χ0) is 20.0. The van der Waals surface area contributed by atoms with E-state index in [1.54, 1.807) is 24.3 Å². The molecular weight excluding hydrogens is 388 g/mol. The Balaban J connectivity index is 2.07. The Hall–Kier alpha value is -2.64. The van der Waals surface area contributed by atoms with Gasteiger partial charge in [-0.05, 0) is 62.0 Å². The molecular formula is C19H19ClN2O4S. The predicted octanol–water partition coefficient (Wildman–Crippen LogP) is 4.34. The molecule has 0 bridgehead atoms. The van der Waals surface area contributed by atoms with Gasteiger partial charge in [-0.25, -0.2) is 4.79 Å². The molecule has 0 aliphatic heterocycles. The summed E-state index contributed by atoms with van der Waals surface area (Å²) in [5.41, 5.74) is 0.545. The van der Waals surface area contributed by atoms with Gasteiger partial charge in [0.05, 0.1) is 17.4 Å². The Morgan fingerprint density at radius 3 is 2.67 bits per heavy atom. The van der Waals surface area contributed by atoms with E-state index in [0.29, 0.717) is 11.3 Å². The maximum Gasteiger partial charge on any atom is 0.337 e. The maximum absolute atomic E-state index is 12.4. The molecule has 0 spiro atoms. The van der Waals surface area contributed by atoms with E-state index in [1.807, 2.05) is 13.8 Å². The van der Waals surface area contributed by atoms with Gasteiger partial charge in [-0.1, -0.05) is 24.6 Å². The number of amides is 1. The van der Waals surface area contributed by atoms with Gasteiger partial charge in [0.2, 0.25) is 0 Å². The third kappa shape index (κ3) is 5.94. The number of aromatic carboxylic acids is 1. The molecule has 3 N–H and O–H groups in total. The summed E-state index contributed by atoms with van der Waals surface area (Å²) in [6.07, 6.45) is 0.877. The van der Waals surface area contributed by atoms with E-state index in [1.165, 1.54) is 18.2 Å². The number of rotatable bonds is 6. The van der Waals surface area contributed by atoms with Crippen molar-refractivity contribution in [3.05, 3.63) is 58.6 Å². The van der Waals surface area contributed by atoms with Gasteiger partial charge in [0, 0.05) is 10.6 Å². The highest BCUT2D eigenvalue weighted by molar-refractivity contribution is 7.80. The minimum Gasteiger partial charge on any atom is -0.491 e. The lowest BCUT2D eigenvalue weighted by Gasteiger charge is -2.14. The van der Waals surface area contributed by atoms with Crippen LogP contribution in [0, 0.1) is 0 Å². The summed E-state index contributed by atoms with van der Waals surface area (Å²) < 4.78 is 5.70. The van der Waals surface area contributed by atoms with Crippen molar-refractivity contribution in [3.8, 4) is 5.75 Å². The standard InChI is InChI=1S/C19H19ClN2O4S/c1-3-11(2)26-14-6-4-5-12(9-14)17(23)22-19(27)21-16-8-7-13(20)10-15(16)18(24)25/h4-11H,3H2,1-2H3,(H,24,25)(H2,21,22,23,27)/t11-/m0/s1. The molecule has 6 nitrogen and oxygen atoms in total. The molecule has 0 aliphatic carbocycles.